The monoisotopic (exact) mass is 289 g/mol. The van der Waals surface area contributed by atoms with E-state index in [4.69, 9.17) is 19.9 Å². The summed E-state index contributed by atoms with van der Waals surface area (Å²) in [6.07, 6.45) is 3.69. The van der Waals surface area contributed by atoms with Gasteiger partial charge in [-0.05, 0) is 43.0 Å². The van der Waals surface area contributed by atoms with Gasteiger partial charge in [0.25, 0.3) is 0 Å². The molecule has 1 fully saturated rings. The van der Waals surface area contributed by atoms with Gasteiger partial charge in [0, 0.05) is 12.2 Å². The van der Waals surface area contributed by atoms with Crippen molar-refractivity contribution in [1.82, 2.24) is 0 Å². The topological polar surface area (TPSA) is 53.7 Å². The summed E-state index contributed by atoms with van der Waals surface area (Å²) in [7, 11) is 1.65. The molecule has 1 atom stereocenters. The maximum absolute atomic E-state index is 5.80. The summed E-state index contributed by atoms with van der Waals surface area (Å²) in [5.41, 5.74) is 7.39. The van der Waals surface area contributed by atoms with Gasteiger partial charge in [0.1, 0.15) is 5.75 Å². The molecule has 0 radical (unpaired) electrons. The Balaban J connectivity index is 1.95. The van der Waals surface area contributed by atoms with Crippen molar-refractivity contribution in [2.24, 2.45) is 5.73 Å². The molecule has 21 heavy (non-hydrogen) atoms. The first-order chi connectivity index (χ1) is 10.3. The van der Waals surface area contributed by atoms with Gasteiger partial charge in [0.05, 0.1) is 33.0 Å². The molecule has 114 valence electrons. The number of hydrogen-bond donors (Lipinski definition) is 1. The molecule has 0 bridgehead atoms. The average molecular weight is 289 g/mol. The molecule has 0 spiro atoms. The Hall–Kier alpha value is -1.54. The average Bonchev–Trinajstić information content (AvgIpc) is 2.54. The highest BCUT2D eigenvalue weighted by Gasteiger charge is 2.14. The number of ether oxygens (including phenoxy) is 3. The molecule has 4 heteroatoms. The lowest BCUT2D eigenvalue weighted by molar-refractivity contribution is -0.0448. The number of methoxy groups -OCH3 is 1. The van der Waals surface area contributed by atoms with E-state index >= 15 is 0 Å². The van der Waals surface area contributed by atoms with Gasteiger partial charge in [-0.15, -0.1) is 0 Å². The summed E-state index contributed by atoms with van der Waals surface area (Å²) < 4.78 is 16.7. The van der Waals surface area contributed by atoms with E-state index < -0.39 is 0 Å². The summed E-state index contributed by atoms with van der Waals surface area (Å²) in [6, 6.07) is 5.80. The summed E-state index contributed by atoms with van der Waals surface area (Å²) in [6.45, 7) is 2.33. The van der Waals surface area contributed by atoms with Crippen molar-refractivity contribution in [3.8, 4) is 17.6 Å². The van der Waals surface area contributed by atoms with Crippen LogP contribution in [0.2, 0.25) is 0 Å². The highest BCUT2D eigenvalue weighted by atomic mass is 16.5. The fraction of sp³-hybridized carbons (Fsp3) is 0.529. The van der Waals surface area contributed by atoms with Gasteiger partial charge in [-0.2, -0.15) is 0 Å². The lowest BCUT2D eigenvalue weighted by Crippen LogP contribution is -2.24. The zero-order chi connectivity index (χ0) is 14.9. The third-order valence-corrected chi connectivity index (χ3v) is 3.47. The van der Waals surface area contributed by atoms with Gasteiger partial charge < -0.3 is 19.9 Å². The van der Waals surface area contributed by atoms with Crippen molar-refractivity contribution in [2.75, 3.05) is 26.9 Å². The Morgan fingerprint density at radius 2 is 2.29 bits per heavy atom. The van der Waals surface area contributed by atoms with E-state index in [2.05, 4.69) is 11.8 Å². The quantitative estimate of drug-likeness (QED) is 0.843. The summed E-state index contributed by atoms with van der Waals surface area (Å²) >= 11 is 0. The SMILES string of the molecule is COc1ccc(C#CCN)c(COCC2CCCCO2)c1. The predicted octanol–water partition coefficient (Wildman–Crippen LogP) is 2.09. The Morgan fingerprint density at radius 1 is 1.38 bits per heavy atom. The first kappa shape index (κ1) is 15.8. The molecule has 0 aromatic heterocycles. The predicted molar refractivity (Wildman–Crippen MR) is 82.2 cm³/mol. The molecule has 2 rings (SSSR count). The lowest BCUT2D eigenvalue weighted by Gasteiger charge is -2.22. The molecule has 1 unspecified atom stereocenters. The van der Waals surface area contributed by atoms with Gasteiger partial charge in [0.15, 0.2) is 0 Å². The van der Waals surface area contributed by atoms with E-state index in [1.54, 1.807) is 7.11 Å². The molecule has 4 nitrogen and oxygen atoms in total. The number of hydrogen-bond acceptors (Lipinski definition) is 4. The molecule has 1 saturated heterocycles. The summed E-state index contributed by atoms with van der Waals surface area (Å²) in [5, 5.41) is 0. The van der Waals surface area contributed by atoms with Crippen molar-refractivity contribution < 1.29 is 14.2 Å². The first-order valence-corrected chi connectivity index (χ1v) is 7.38. The molecule has 0 saturated carbocycles. The fourth-order valence-corrected chi connectivity index (χ4v) is 2.32. The molecule has 1 aromatic carbocycles. The third kappa shape index (κ3) is 5.05. The summed E-state index contributed by atoms with van der Waals surface area (Å²) in [4.78, 5) is 0. The zero-order valence-corrected chi connectivity index (χ0v) is 12.6. The van der Waals surface area contributed by atoms with Gasteiger partial charge in [-0.3, -0.25) is 0 Å². The number of rotatable bonds is 5. The van der Waals surface area contributed by atoms with E-state index in [1.165, 1.54) is 6.42 Å². The molecule has 1 heterocycles. The molecular formula is C17H23NO3. The molecular weight excluding hydrogens is 266 g/mol. The second kappa shape index (κ2) is 8.68. The van der Waals surface area contributed by atoms with Crippen molar-refractivity contribution in [3.05, 3.63) is 29.3 Å². The van der Waals surface area contributed by atoms with Crippen LogP contribution in [0.15, 0.2) is 18.2 Å². The van der Waals surface area contributed by atoms with E-state index in [-0.39, 0.29) is 6.10 Å². The van der Waals surface area contributed by atoms with Crippen LogP contribution < -0.4 is 10.5 Å². The fourth-order valence-electron chi connectivity index (χ4n) is 2.32. The largest absolute Gasteiger partial charge is 0.497 e. The van der Waals surface area contributed by atoms with Crippen molar-refractivity contribution >= 4 is 0 Å². The van der Waals surface area contributed by atoms with E-state index in [9.17, 15) is 0 Å². The lowest BCUT2D eigenvalue weighted by atomic mass is 10.1. The second-order valence-corrected chi connectivity index (χ2v) is 5.03. The van der Waals surface area contributed by atoms with Crippen LogP contribution in [-0.4, -0.2) is 33.0 Å². The Kier molecular flexibility index (Phi) is 6.55. The van der Waals surface area contributed by atoms with E-state index in [0.29, 0.717) is 19.8 Å². The Morgan fingerprint density at radius 3 is 3.00 bits per heavy atom. The minimum Gasteiger partial charge on any atom is -0.497 e. The third-order valence-electron chi connectivity index (χ3n) is 3.47. The molecule has 1 aromatic rings. The van der Waals surface area contributed by atoms with Crippen molar-refractivity contribution in [1.29, 1.82) is 0 Å². The minimum atomic E-state index is 0.225. The van der Waals surface area contributed by atoms with Gasteiger partial charge in [-0.1, -0.05) is 11.8 Å². The van der Waals surface area contributed by atoms with Crippen LogP contribution >= 0.6 is 0 Å². The summed E-state index contributed by atoms with van der Waals surface area (Å²) in [5.74, 6) is 6.76. The van der Waals surface area contributed by atoms with Crippen LogP contribution in [0.1, 0.15) is 30.4 Å². The number of benzene rings is 1. The van der Waals surface area contributed by atoms with Gasteiger partial charge in [-0.25, -0.2) is 0 Å². The highest BCUT2D eigenvalue weighted by molar-refractivity contribution is 5.45. The first-order valence-electron chi connectivity index (χ1n) is 7.38. The normalized spacial score (nSPS) is 17.9. The maximum atomic E-state index is 5.80. The highest BCUT2D eigenvalue weighted by Crippen LogP contribution is 2.19. The van der Waals surface area contributed by atoms with Crippen LogP contribution in [0.3, 0.4) is 0 Å². The zero-order valence-electron chi connectivity index (χ0n) is 12.6. The molecule has 1 aliphatic heterocycles. The van der Waals surface area contributed by atoms with Crippen LogP contribution in [-0.2, 0) is 16.1 Å². The molecule has 0 amide bonds. The Labute approximate surface area is 126 Å². The Bertz CT molecular complexity index is 498. The van der Waals surface area contributed by atoms with Crippen LogP contribution in [0.5, 0.6) is 5.75 Å². The van der Waals surface area contributed by atoms with Crippen LogP contribution in [0, 0.1) is 11.8 Å². The standard InChI is InChI=1S/C17H23NO3/c1-19-16-8-7-14(5-4-9-18)15(11-16)12-20-13-17-6-2-3-10-21-17/h7-8,11,17H,2-3,6,9-10,12-13,18H2,1H3. The van der Waals surface area contributed by atoms with Crippen LogP contribution in [0.4, 0.5) is 0 Å². The van der Waals surface area contributed by atoms with Crippen molar-refractivity contribution in [3.63, 3.8) is 0 Å². The van der Waals surface area contributed by atoms with Gasteiger partial charge in [0.2, 0.25) is 0 Å². The maximum Gasteiger partial charge on any atom is 0.119 e. The van der Waals surface area contributed by atoms with Crippen molar-refractivity contribution in [2.45, 2.75) is 32.0 Å². The van der Waals surface area contributed by atoms with E-state index in [0.717, 1.165) is 36.3 Å². The van der Waals surface area contributed by atoms with Gasteiger partial charge >= 0.3 is 0 Å². The molecule has 1 aliphatic rings. The second-order valence-electron chi connectivity index (χ2n) is 5.03. The molecule has 2 N–H and O–H groups in total. The molecule has 0 aliphatic carbocycles. The van der Waals surface area contributed by atoms with Crippen LogP contribution in [0.25, 0.3) is 0 Å². The smallest absolute Gasteiger partial charge is 0.119 e. The van der Waals surface area contributed by atoms with E-state index in [1.807, 2.05) is 18.2 Å². The minimum absolute atomic E-state index is 0.225. The number of nitrogens with two attached hydrogens (primary N) is 1.